The van der Waals surface area contributed by atoms with Crippen molar-refractivity contribution in [3.05, 3.63) is 54.6 Å². The summed E-state index contributed by atoms with van der Waals surface area (Å²) < 4.78 is 5.44. The number of carbonyl (C=O) groups excluding carboxylic acids is 1. The first-order valence-corrected chi connectivity index (χ1v) is 11.9. The average Bonchev–Trinajstić information content (AvgIpc) is 2.90. The summed E-state index contributed by atoms with van der Waals surface area (Å²) in [6.45, 7) is 4.66. The number of hydrogen-bond donors (Lipinski definition) is 3. The number of ether oxygens (including phenoxy) is 1. The van der Waals surface area contributed by atoms with Crippen molar-refractivity contribution in [1.29, 1.82) is 0 Å². The number of morpholine rings is 1. The van der Waals surface area contributed by atoms with Crippen LogP contribution in [0.3, 0.4) is 0 Å². The van der Waals surface area contributed by atoms with Crippen molar-refractivity contribution >= 4 is 28.8 Å². The highest BCUT2D eigenvalue weighted by Crippen LogP contribution is 2.27. The Morgan fingerprint density at radius 3 is 2.49 bits per heavy atom. The van der Waals surface area contributed by atoms with E-state index in [4.69, 9.17) is 16.2 Å². The van der Waals surface area contributed by atoms with Gasteiger partial charge in [0, 0.05) is 49.7 Å². The first-order valence-electron chi connectivity index (χ1n) is 11.9. The van der Waals surface area contributed by atoms with Gasteiger partial charge in [-0.05, 0) is 31.0 Å². The first kappa shape index (κ1) is 23.0. The van der Waals surface area contributed by atoms with E-state index in [1.807, 2.05) is 18.2 Å². The zero-order valence-corrected chi connectivity index (χ0v) is 19.6. The molecule has 10 heteroatoms. The van der Waals surface area contributed by atoms with Gasteiger partial charge >= 0.3 is 0 Å². The zero-order chi connectivity index (χ0) is 24.2. The lowest BCUT2D eigenvalue weighted by Gasteiger charge is -2.32. The van der Waals surface area contributed by atoms with Crippen LogP contribution < -0.4 is 26.6 Å². The number of rotatable bonds is 5. The number of nitrogen functional groups attached to an aromatic ring is 1. The molecule has 0 saturated carbocycles. The highest BCUT2D eigenvalue weighted by Gasteiger charge is 2.20. The molecule has 5 rings (SSSR count). The Morgan fingerprint density at radius 2 is 1.74 bits per heavy atom. The van der Waals surface area contributed by atoms with E-state index in [1.165, 1.54) is 0 Å². The molecule has 0 radical (unpaired) electrons. The number of anilines is 4. The lowest BCUT2D eigenvalue weighted by Crippen LogP contribution is -2.39. The van der Waals surface area contributed by atoms with E-state index < -0.39 is 5.91 Å². The Labute approximate surface area is 204 Å². The molecule has 2 aromatic heterocycles. The van der Waals surface area contributed by atoms with Crippen LogP contribution in [-0.4, -0.2) is 66.3 Å². The molecule has 3 aromatic rings. The monoisotopic (exact) mass is 474 g/mol. The number of nitrogens with two attached hydrogens (primary N) is 2. The van der Waals surface area contributed by atoms with Gasteiger partial charge in [0.05, 0.1) is 42.7 Å². The maximum atomic E-state index is 13.2. The minimum Gasteiger partial charge on any atom is -0.382 e. The molecule has 5 N–H and O–H groups in total. The standard InChI is InChI=1S/C25H30N8O2/c26-18-6-9-32(10-7-18)19-3-1-17(2-4-19)20-16-29-24(27)23(30-20)25(34)31-21-15-28-8-5-22(21)33-11-13-35-14-12-33/h1-5,8,15-16,18H,6-7,9-14,26H2,(H2,27,29)(H,31,34). The van der Waals surface area contributed by atoms with Crippen molar-refractivity contribution in [3.63, 3.8) is 0 Å². The molecule has 0 spiro atoms. The number of pyridine rings is 1. The summed E-state index contributed by atoms with van der Waals surface area (Å²) in [6.07, 6.45) is 6.91. The van der Waals surface area contributed by atoms with E-state index in [-0.39, 0.29) is 17.6 Å². The number of nitrogens with one attached hydrogen (secondary N) is 1. The number of nitrogens with zero attached hydrogens (tertiary/aromatic N) is 5. The summed E-state index contributed by atoms with van der Waals surface area (Å²) in [5.41, 5.74) is 16.2. The maximum absolute atomic E-state index is 13.2. The second-order valence-electron chi connectivity index (χ2n) is 8.81. The summed E-state index contributed by atoms with van der Waals surface area (Å²) in [5.74, 6) is -0.357. The number of benzene rings is 1. The largest absolute Gasteiger partial charge is 0.382 e. The van der Waals surface area contributed by atoms with Gasteiger partial charge in [0.15, 0.2) is 11.5 Å². The first-order chi connectivity index (χ1) is 17.1. The van der Waals surface area contributed by atoms with Crippen molar-refractivity contribution in [2.24, 2.45) is 5.73 Å². The van der Waals surface area contributed by atoms with E-state index in [2.05, 4.69) is 42.2 Å². The number of amides is 1. The van der Waals surface area contributed by atoms with Crippen LogP contribution >= 0.6 is 0 Å². The predicted octanol–water partition coefficient (Wildman–Crippen LogP) is 2.14. The fraction of sp³-hybridized carbons (Fsp3) is 0.360. The van der Waals surface area contributed by atoms with Crippen LogP contribution in [-0.2, 0) is 4.74 Å². The van der Waals surface area contributed by atoms with Gasteiger partial charge in [-0.2, -0.15) is 0 Å². The van der Waals surface area contributed by atoms with Gasteiger partial charge in [0.25, 0.3) is 5.91 Å². The third-order valence-corrected chi connectivity index (χ3v) is 6.48. The van der Waals surface area contributed by atoms with E-state index >= 15 is 0 Å². The lowest BCUT2D eigenvalue weighted by atomic mass is 10.0. The van der Waals surface area contributed by atoms with Crippen molar-refractivity contribution in [2.75, 3.05) is 60.2 Å². The highest BCUT2D eigenvalue weighted by atomic mass is 16.5. The molecule has 1 amide bonds. The fourth-order valence-electron chi connectivity index (χ4n) is 4.45. The molecule has 0 unspecified atom stereocenters. The van der Waals surface area contributed by atoms with Crippen LogP contribution in [0.25, 0.3) is 11.3 Å². The second-order valence-corrected chi connectivity index (χ2v) is 8.81. The van der Waals surface area contributed by atoms with Crippen LogP contribution in [0.4, 0.5) is 22.9 Å². The topological polar surface area (TPSA) is 136 Å². The summed E-state index contributed by atoms with van der Waals surface area (Å²) in [6, 6.07) is 10.3. The molecule has 2 aliphatic rings. The Morgan fingerprint density at radius 1 is 1.00 bits per heavy atom. The molecule has 2 saturated heterocycles. The van der Waals surface area contributed by atoms with E-state index in [9.17, 15) is 4.79 Å². The van der Waals surface area contributed by atoms with Gasteiger partial charge in [-0.15, -0.1) is 0 Å². The number of aromatic nitrogens is 3. The predicted molar refractivity (Wildman–Crippen MR) is 137 cm³/mol. The van der Waals surface area contributed by atoms with Crippen molar-refractivity contribution in [3.8, 4) is 11.3 Å². The van der Waals surface area contributed by atoms with Crippen molar-refractivity contribution in [2.45, 2.75) is 18.9 Å². The van der Waals surface area contributed by atoms with Gasteiger partial charge < -0.3 is 31.3 Å². The summed E-state index contributed by atoms with van der Waals surface area (Å²) >= 11 is 0. The van der Waals surface area contributed by atoms with Crippen molar-refractivity contribution < 1.29 is 9.53 Å². The second kappa shape index (κ2) is 10.2. The summed E-state index contributed by atoms with van der Waals surface area (Å²) in [5, 5.41) is 2.92. The lowest BCUT2D eigenvalue weighted by molar-refractivity contribution is 0.102. The molecule has 10 nitrogen and oxygen atoms in total. The van der Waals surface area contributed by atoms with Gasteiger partial charge in [-0.25, -0.2) is 9.97 Å². The molecule has 0 bridgehead atoms. The van der Waals surface area contributed by atoms with Crippen LogP contribution in [0.15, 0.2) is 48.9 Å². The quantitative estimate of drug-likeness (QED) is 0.508. The van der Waals surface area contributed by atoms with Crippen LogP contribution in [0.2, 0.25) is 0 Å². The zero-order valence-electron chi connectivity index (χ0n) is 19.6. The smallest absolute Gasteiger partial charge is 0.278 e. The molecule has 35 heavy (non-hydrogen) atoms. The van der Waals surface area contributed by atoms with E-state index in [0.29, 0.717) is 24.6 Å². The molecule has 0 atom stereocenters. The molecule has 2 aliphatic heterocycles. The van der Waals surface area contributed by atoms with Crippen LogP contribution in [0.1, 0.15) is 23.3 Å². The number of carbonyl (C=O) groups is 1. The van der Waals surface area contributed by atoms with E-state index in [0.717, 1.165) is 56.0 Å². The Bertz CT molecular complexity index is 1170. The van der Waals surface area contributed by atoms with Gasteiger partial charge in [0.2, 0.25) is 0 Å². The highest BCUT2D eigenvalue weighted by molar-refractivity contribution is 6.07. The molecule has 182 valence electrons. The van der Waals surface area contributed by atoms with Crippen LogP contribution in [0, 0.1) is 0 Å². The van der Waals surface area contributed by atoms with Crippen LogP contribution in [0.5, 0.6) is 0 Å². The molecule has 0 aliphatic carbocycles. The normalized spacial score (nSPS) is 16.8. The van der Waals surface area contributed by atoms with Crippen molar-refractivity contribution in [1.82, 2.24) is 15.0 Å². The third kappa shape index (κ3) is 5.18. The average molecular weight is 475 g/mol. The van der Waals surface area contributed by atoms with Gasteiger partial charge in [-0.3, -0.25) is 9.78 Å². The Hall–Kier alpha value is -3.76. The van der Waals surface area contributed by atoms with Gasteiger partial charge in [0.1, 0.15) is 0 Å². The third-order valence-electron chi connectivity index (χ3n) is 6.48. The Balaban J connectivity index is 1.34. The number of hydrogen-bond acceptors (Lipinski definition) is 9. The summed E-state index contributed by atoms with van der Waals surface area (Å²) in [7, 11) is 0. The van der Waals surface area contributed by atoms with E-state index in [1.54, 1.807) is 18.6 Å². The molecular weight excluding hydrogens is 444 g/mol. The SMILES string of the molecule is Nc1ncc(-c2ccc(N3CCC(N)CC3)cc2)nc1C(=O)Nc1cnccc1N1CCOCC1. The molecule has 4 heterocycles. The molecule has 2 fully saturated rings. The Kier molecular flexibility index (Phi) is 6.73. The molecular formula is C25H30N8O2. The molecule has 1 aromatic carbocycles. The van der Waals surface area contributed by atoms with Gasteiger partial charge in [-0.1, -0.05) is 12.1 Å². The minimum absolute atomic E-state index is 0.0735. The summed E-state index contributed by atoms with van der Waals surface area (Å²) in [4.78, 5) is 30.6. The maximum Gasteiger partial charge on any atom is 0.278 e. The minimum atomic E-state index is -0.430. The number of piperidine rings is 1. The fourth-order valence-corrected chi connectivity index (χ4v) is 4.45.